The number of rotatable bonds is 5. The number of likely N-dealkylation sites (N-methyl/N-ethyl adjacent to an activating group) is 1. The summed E-state index contributed by atoms with van der Waals surface area (Å²) in [5.41, 5.74) is 6.16. The van der Waals surface area contributed by atoms with Gasteiger partial charge in [-0.3, -0.25) is 10.1 Å². The molecule has 1 unspecified atom stereocenters. The number of hydrogen-bond donors (Lipinski definition) is 2. The predicted molar refractivity (Wildman–Crippen MR) is 77.9 cm³/mol. The van der Waals surface area contributed by atoms with E-state index in [0.29, 0.717) is 17.8 Å². The van der Waals surface area contributed by atoms with Crippen LogP contribution in [0.2, 0.25) is 0 Å². The van der Waals surface area contributed by atoms with Crippen molar-refractivity contribution in [2.75, 3.05) is 25.1 Å². The van der Waals surface area contributed by atoms with Crippen LogP contribution in [0, 0.1) is 10.1 Å². The molecule has 3 N–H and O–H groups in total. The van der Waals surface area contributed by atoms with Crippen LogP contribution in [0.1, 0.15) is 18.4 Å². The number of nitrogens with two attached hydrogens (primary N) is 1. The lowest BCUT2D eigenvalue weighted by Crippen LogP contribution is -2.29. The molecular formula is C13H18N4O4. The van der Waals surface area contributed by atoms with Gasteiger partial charge in [0.25, 0.3) is 5.69 Å². The Bertz CT molecular complexity index is 555. The lowest BCUT2D eigenvalue weighted by atomic mass is 10.1. The number of oxime groups is 1. The molecule has 2 rings (SSSR count). The van der Waals surface area contributed by atoms with Gasteiger partial charge in [0, 0.05) is 31.8 Å². The summed E-state index contributed by atoms with van der Waals surface area (Å²) in [7, 11) is 1.78. The van der Waals surface area contributed by atoms with Crippen molar-refractivity contribution in [2.24, 2.45) is 10.9 Å². The minimum Gasteiger partial charge on any atom is -0.409 e. The average Bonchev–Trinajstić information content (AvgIpc) is 2.98. The van der Waals surface area contributed by atoms with Gasteiger partial charge in [-0.15, -0.1) is 0 Å². The molecule has 0 saturated carbocycles. The van der Waals surface area contributed by atoms with Crippen molar-refractivity contribution in [3.63, 3.8) is 0 Å². The van der Waals surface area contributed by atoms with Crippen LogP contribution in [0.4, 0.5) is 11.4 Å². The van der Waals surface area contributed by atoms with Crippen molar-refractivity contribution < 1.29 is 14.9 Å². The molecule has 1 atom stereocenters. The fourth-order valence-corrected chi connectivity index (χ4v) is 2.40. The zero-order valence-electron chi connectivity index (χ0n) is 11.7. The van der Waals surface area contributed by atoms with Crippen molar-refractivity contribution in [2.45, 2.75) is 18.9 Å². The van der Waals surface area contributed by atoms with E-state index in [4.69, 9.17) is 15.7 Å². The summed E-state index contributed by atoms with van der Waals surface area (Å²) < 4.78 is 5.54. The number of nitrogens with zero attached hydrogens (tertiary/aromatic N) is 3. The number of ether oxygens (including phenoxy) is 1. The van der Waals surface area contributed by atoms with E-state index in [2.05, 4.69) is 5.16 Å². The molecular weight excluding hydrogens is 276 g/mol. The summed E-state index contributed by atoms with van der Waals surface area (Å²) in [5.74, 6) is -0.161. The molecule has 1 aliphatic heterocycles. The van der Waals surface area contributed by atoms with Gasteiger partial charge in [-0.25, -0.2) is 0 Å². The summed E-state index contributed by atoms with van der Waals surface area (Å²) in [6.07, 6.45) is 2.07. The summed E-state index contributed by atoms with van der Waals surface area (Å²) in [4.78, 5) is 12.6. The van der Waals surface area contributed by atoms with E-state index in [1.165, 1.54) is 6.07 Å². The van der Waals surface area contributed by atoms with E-state index >= 15 is 0 Å². The number of nitro benzene ring substituents is 1. The first-order valence-corrected chi connectivity index (χ1v) is 6.62. The molecule has 8 nitrogen and oxygen atoms in total. The van der Waals surface area contributed by atoms with Crippen LogP contribution in [-0.2, 0) is 4.74 Å². The summed E-state index contributed by atoms with van der Waals surface area (Å²) in [6, 6.07) is 4.49. The quantitative estimate of drug-likeness (QED) is 0.278. The van der Waals surface area contributed by atoms with Gasteiger partial charge in [-0.2, -0.15) is 0 Å². The Morgan fingerprint density at radius 2 is 2.43 bits per heavy atom. The molecule has 114 valence electrons. The number of anilines is 1. The minimum absolute atomic E-state index is 0.0837. The van der Waals surface area contributed by atoms with Crippen molar-refractivity contribution >= 4 is 17.2 Å². The van der Waals surface area contributed by atoms with Crippen molar-refractivity contribution in [3.8, 4) is 0 Å². The lowest BCUT2D eigenvalue weighted by Gasteiger charge is -2.22. The summed E-state index contributed by atoms with van der Waals surface area (Å²) in [5, 5.41) is 22.7. The van der Waals surface area contributed by atoms with Gasteiger partial charge in [-0.05, 0) is 25.0 Å². The SMILES string of the molecule is CN(CC1CCCO1)c1ccc(C(N)=NO)cc1[N+](=O)[O-]. The molecule has 0 aromatic heterocycles. The normalized spacial score (nSPS) is 18.7. The van der Waals surface area contributed by atoms with Crippen molar-refractivity contribution in [3.05, 3.63) is 33.9 Å². The fourth-order valence-electron chi connectivity index (χ4n) is 2.40. The van der Waals surface area contributed by atoms with Gasteiger partial charge in [-0.1, -0.05) is 5.16 Å². The van der Waals surface area contributed by atoms with E-state index in [1.54, 1.807) is 24.1 Å². The van der Waals surface area contributed by atoms with Gasteiger partial charge in [0.1, 0.15) is 5.69 Å². The van der Waals surface area contributed by atoms with E-state index in [0.717, 1.165) is 19.4 Å². The maximum Gasteiger partial charge on any atom is 0.293 e. The van der Waals surface area contributed by atoms with Crippen LogP contribution in [0.15, 0.2) is 23.4 Å². The monoisotopic (exact) mass is 294 g/mol. The predicted octanol–water partition coefficient (Wildman–Crippen LogP) is 1.30. The van der Waals surface area contributed by atoms with E-state index in [1.807, 2.05) is 0 Å². The number of benzene rings is 1. The molecule has 1 saturated heterocycles. The first-order chi connectivity index (χ1) is 10.0. The molecule has 8 heteroatoms. The molecule has 0 amide bonds. The van der Waals surface area contributed by atoms with Gasteiger partial charge < -0.3 is 20.6 Å². The fraction of sp³-hybridized carbons (Fsp3) is 0.462. The molecule has 1 aromatic carbocycles. The van der Waals surface area contributed by atoms with Crippen LogP contribution in [-0.4, -0.2) is 42.3 Å². The number of hydrogen-bond acceptors (Lipinski definition) is 6. The number of amidine groups is 1. The molecule has 1 heterocycles. The molecule has 1 aliphatic rings. The van der Waals surface area contributed by atoms with Crippen LogP contribution < -0.4 is 10.6 Å². The third kappa shape index (κ3) is 3.40. The van der Waals surface area contributed by atoms with Gasteiger partial charge in [0.05, 0.1) is 11.0 Å². The highest BCUT2D eigenvalue weighted by molar-refractivity contribution is 5.98. The first kappa shape index (κ1) is 15.0. The Morgan fingerprint density at radius 1 is 1.67 bits per heavy atom. The van der Waals surface area contributed by atoms with Crippen LogP contribution in [0.3, 0.4) is 0 Å². The Balaban J connectivity index is 2.27. The van der Waals surface area contributed by atoms with E-state index in [9.17, 15) is 10.1 Å². The highest BCUT2D eigenvalue weighted by Gasteiger charge is 2.23. The second kappa shape index (κ2) is 6.40. The highest BCUT2D eigenvalue weighted by Crippen LogP contribution is 2.29. The molecule has 0 bridgehead atoms. The molecule has 1 aromatic rings. The zero-order valence-corrected chi connectivity index (χ0v) is 11.7. The topological polar surface area (TPSA) is 114 Å². The average molecular weight is 294 g/mol. The highest BCUT2D eigenvalue weighted by atomic mass is 16.6. The Kier molecular flexibility index (Phi) is 4.59. The largest absolute Gasteiger partial charge is 0.409 e. The summed E-state index contributed by atoms with van der Waals surface area (Å²) >= 11 is 0. The maximum atomic E-state index is 11.2. The van der Waals surface area contributed by atoms with Crippen LogP contribution >= 0.6 is 0 Å². The molecule has 0 spiro atoms. The molecule has 1 fully saturated rings. The van der Waals surface area contributed by atoms with E-state index in [-0.39, 0.29) is 17.6 Å². The molecule has 21 heavy (non-hydrogen) atoms. The van der Waals surface area contributed by atoms with Crippen LogP contribution in [0.5, 0.6) is 0 Å². The van der Waals surface area contributed by atoms with Gasteiger partial charge >= 0.3 is 0 Å². The Hall–Kier alpha value is -2.35. The lowest BCUT2D eigenvalue weighted by molar-refractivity contribution is -0.384. The Morgan fingerprint density at radius 3 is 3.00 bits per heavy atom. The van der Waals surface area contributed by atoms with Crippen molar-refractivity contribution in [1.82, 2.24) is 0 Å². The Labute approximate surface area is 121 Å². The first-order valence-electron chi connectivity index (χ1n) is 6.62. The summed E-state index contributed by atoms with van der Waals surface area (Å²) in [6.45, 7) is 1.33. The van der Waals surface area contributed by atoms with Crippen molar-refractivity contribution in [1.29, 1.82) is 0 Å². The second-order valence-electron chi connectivity index (χ2n) is 4.96. The molecule has 0 aliphatic carbocycles. The van der Waals surface area contributed by atoms with E-state index < -0.39 is 4.92 Å². The third-order valence-electron chi connectivity index (χ3n) is 3.49. The second-order valence-corrected chi connectivity index (χ2v) is 4.96. The number of nitro groups is 1. The third-order valence-corrected chi connectivity index (χ3v) is 3.49. The van der Waals surface area contributed by atoms with Crippen LogP contribution in [0.25, 0.3) is 0 Å². The zero-order chi connectivity index (χ0) is 15.4. The maximum absolute atomic E-state index is 11.2. The smallest absolute Gasteiger partial charge is 0.293 e. The van der Waals surface area contributed by atoms with Gasteiger partial charge in [0.15, 0.2) is 5.84 Å². The standard InChI is InChI=1S/C13H18N4O4/c1-16(8-10-3-2-6-21-10)11-5-4-9(13(14)15-18)7-12(11)17(19)20/h4-5,7,10,18H,2-3,6,8H2,1H3,(H2,14,15). The molecule has 0 radical (unpaired) electrons. The minimum atomic E-state index is -0.477. The van der Waals surface area contributed by atoms with Gasteiger partial charge in [0.2, 0.25) is 0 Å².